The van der Waals surface area contributed by atoms with Gasteiger partial charge >= 0.3 is 0 Å². The third kappa shape index (κ3) is 3.44. The van der Waals surface area contributed by atoms with Crippen LogP contribution < -0.4 is 5.32 Å². The summed E-state index contributed by atoms with van der Waals surface area (Å²) >= 11 is 0. The molecule has 0 aliphatic carbocycles. The molecule has 16 heavy (non-hydrogen) atoms. The van der Waals surface area contributed by atoms with Crippen molar-refractivity contribution in [3.8, 4) is 0 Å². The van der Waals surface area contributed by atoms with Crippen LogP contribution in [0.15, 0.2) is 0 Å². The molecule has 0 saturated carbocycles. The molecule has 3 nitrogen and oxygen atoms in total. The van der Waals surface area contributed by atoms with Gasteiger partial charge in [-0.3, -0.25) is 4.90 Å². The predicted octanol–water partition coefficient (Wildman–Crippen LogP) is 1.87. The maximum absolute atomic E-state index is 5.75. The Kier molecular flexibility index (Phi) is 5.22. The summed E-state index contributed by atoms with van der Waals surface area (Å²) in [5.74, 6) is 0. The molecule has 96 valence electrons. The summed E-state index contributed by atoms with van der Waals surface area (Å²) < 4.78 is 5.75. The third-order valence-corrected chi connectivity index (χ3v) is 3.72. The summed E-state index contributed by atoms with van der Waals surface area (Å²) in [5.41, 5.74) is 0.181. The second-order valence-electron chi connectivity index (χ2n) is 5.57. The number of likely N-dealkylation sites (tertiary alicyclic amines) is 1. The van der Waals surface area contributed by atoms with Crippen molar-refractivity contribution in [3.05, 3.63) is 0 Å². The predicted molar refractivity (Wildman–Crippen MR) is 68.8 cm³/mol. The maximum Gasteiger partial charge on any atom is 0.0640 e. The summed E-state index contributed by atoms with van der Waals surface area (Å²) in [7, 11) is 2.03. The van der Waals surface area contributed by atoms with E-state index in [1.807, 2.05) is 7.05 Å². The van der Waals surface area contributed by atoms with Crippen LogP contribution in [-0.4, -0.2) is 49.3 Å². The van der Waals surface area contributed by atoms with Gasteiger partial charge in [-0.25, -0.2) is 0 Å². The number of nitrogens with zero attached hydrogens (tertiary/aromatic N) is 1. The Morgan fingerprint density at radius 3 is 2.25 bits per heavy atom. The van der Waals surface area contributed by atoms with Crippen LogP contribution in [0, 0.1) is 0 Å². The van der Waals surface area contributed by atoms with Crippen LogP contribution in [0.5, 0.6) is 0 Å². The van der Waals surface area contributed by atoms with Gasteiger partial charge in [-0.2, -0.15) is 0 Å². The van der Waals surface area contributed by atoms with E-state index in [2.05, 4.69) is 37.9 Å². The van der Waals surface area contributed by atoms with E-state index >= 15 is 0 Å². The van der Waals surface area contributed by atoms with Crippen LogP contribution in [-0.2, 0) is 4.74 Å². The number of nitrogens with one attached hydrogen (secondary N) is 1. The fourth-order valence-electron chi connectivity index (χ4n) is 2.44. The first-order valence-electron chi connectivity index (χ1n) is 6.52. The molecule has 1 N–H and O–H groups in total. The van der Waals surface area contributed by atoms with Crippen molar-refractivity contribution < 1.29 is 4.74 Å². The number of rotatable bonds is 6. The summed E-state index contributed by atoms with van der Waals surface area (Å²) in [6.45, 7) is 12.1. The molecular formula is C13H28N2O. The smallest absolute Gasteiger partial charge is 0.0640 e. The van der Waals surface area contributed by atoms with Gasteiger partial charge in [-0.05, 0) is 60.7 Å². The Morgan fingerprint density at radius 2 is 1.81 bits per heavy atom. The highest BCUT2D eigenvalue weighted by molar-refractivity contribution is 4.94. The molecule has 1 unspecified atom stereocenters. The van der Waals surface area contributed by atoms with Crippen LogP contribution in [0.1, 0.15) is 40.5 Å². The second kappa shape index (κ2) is 5.99. The summed E-state index contributed by atoms with van der Waals surface area (Å²) in [6.07, 6.45) is 2.99. The van der Waals surface area contributed by atoms with Crippen LogP contribution in [0.3, 0.4) is 0 Å². The number of hydrogen-bond donors (Lipinski definition) is 1. The van der Waals surface area contributed by atoms with Crippen molar-refractivity contribution in [2.45, 2.75) is 58.2 Å². The van der Waals surface area contributed by atoms with Gasteiger partial charge in [0, 0.05) is 11.6 Å². The zero-order valence-electron chi connectivity index (χ0n) is 11.5. The van der Waals surface area contributed by atoms with Gasteiger partial charge in [0.15, 0.2) is 0 Å². The van der Waals surface area contributed by atoms with Gasteiger partial charge in [0.25, 0.3) is 0 Å². The molecule has 1 heterocycles. The van der Waals surface area contributed by atoms with E-state index in [0.717, 1.165) is 6.61 Å². The molecule has 0 aromatic rings. The molecule has 0 aromatic heterocycles. The van der Waals surface area contributed by atoms with Crippen LogP contribution in [0.25, 0.3) is 0 Å². The molecule has 0 spiro atoms. The highest BCUT2D eigenvalue weighted by Gasteiger charge is 2.36. The highest BCUT2D eigenvalue weighted by Crippen LogP contribution is 2.24. The Labute approximate surface area is 101 Å². The van der Waals surface area contributed by atoms with Crippen molar-refractivity contribution in [2.24, 2.45) is 0 Å². The van der Waals surface area contributed by atoms with Crippen LogP contribution in [0.2, 0.25) is 0 Å². The molecule has 3 heteroatoms. The zero-order chi connectivity index (χ0) is 12.2. The fraction of sp³-hybridized carbons (Fsp3) is 1.00. The van der Waals surface area contributed by atoms with E-state index < -0.39 is 0 Å². The molecule has 1 aliphatic heterocycles. The molecule has 0 bridgehead atoms. The quantitative estimate of drug-likeness (QED) is 0.751. The topological polar surface area (TPSA) is 24.5 Å². The van der Waals surface area contributed by atoms with E-state index in [4.69, 9.17) is 4.74 Å². The Morgan fingerprint density at radius 1 is 1.25 bits per heavy atom. The first-order chi connectivity index (χ1) is 7.48. The van der Waals surface area contributed by atoms with Gasteiger partial charge in [-0.15, -0.1) is 0 Å². The third-order valence-electron chi connectivity index (χ3n) is 3.72. The fourth-order valence-corrected chi connectivity index (χ4v) is 2.44. The van der Waals surface area contributed by atoms with E-state index in [0.29, 0.717) is 12.1 Å². The first-order valence-corrected chi connectivity index (χ1v) is 6.52. The Hall–Kier alpha value is -0.120. The lowest BCUT2D eigenvalue weighted by molar-refractivity contribution is 0.0137. The average molecular weight is 228 g/mol. The molecule has 1 aliphatic rings. The molecule has 0 amide bonds. The molecular weight excluding hydrogens is 200 g/mol. The Bertz CT molecular complexity index is 198. The standard InChI is InChI=1S/C13H28N2O/c1-11(2)16-10-12(14-5)13(3,4)15-8-6-7-9-15/h11-12,14H,6-10H2,1-5H3. The minimum absolute atomic E-state index is 0.181. The van der Waals surface area contributed by atoms with Gasteiger partial charge in [0.05, 0.1) is 12.7 Å². The first kappa shape index (κ1) is 13.9. The number of ether oxygens (including phenoxy) is 1. The van der Waals surface area contributed by atoms with E-state index in [1.54, 1.807) is 0 Å². The Balaban J connectivity index is 2.54. The van der Waals surface area contributed by atoms with E-state index in [9.17, 15) is 0 Å². The zero-order valence-corrected chi connectivity index (χ0v) is 11.5. The molecule has 1 atom stereocenters. The molecule has 1 saturated heterocycles. The van der Waals surface area contributed by atoms with Gasteiger partial charge in [0.1, 0.15) is 0 Å². The molecule has 0 radical (unpaired) electrons. The van der Waals surface area contributed by atoms with Crippen molar-refractivity contribution >= 4 is 0 Å². The normalized spacial score (nSPS) is 20.6. The van der Waals surface area contributed by atoms with Crippen molar-refractivity contribution in [3.63, 3.8) is 0 Å². The lowest BCUT2D eigenvalue weighted by Gasteiger charge is -2.42. The molecule has 0 aromatic carbocycles. The summed E-state index contributed by atoms with van der Waals surface area (Å²) in [4.78, 5) is 2.58. The SMILES string of the molecule is CNC(COC(C)C)C(C)(C)N1CCCC1. The largest absolute Gasteiger partial charge is 0.377 e. The number of hydrogen-bond acceptors (Lipinski definition) is 3. The van der Waals surface area contributed by atoms with E-state index in [-0.39, 0.29) is 5.54 Å². The second-order valence-corrected chi connectivity index (χ2v) is 5.57. The highest BCUT2D eigenvalue weighted by atomic mass is 16.5. The maximum atomic E-state index is 5.75. The lowest BCUT2D eigenvalue weighted by atomic mass is 9.93. The minimum atomic E-state index is 0.181. The van der Waals surface area contributed by atoms with Crippen LogP contribution in [0.4, 0.5) is 0 Å². The average Bonchev–Trinajstić information content (AvgIpc) is 2.70. The van der Waals surface area contributed by atoms with E-state index in [1.165, 1.54) is 25.9 Å². The molecule has 1 rings (SSSR count). The van der Waals surface area contributed by atoms with Crippen molar-refractivity contribution in [2.75, 3.05) is 26.7 Å². The van der Waals surface area contributed by atoms with Gasteiger partial charge in [0.2, 0.25) is 0 Å². The number of likely N-dealkylation sites (N-methyl/N-ethyl adjacent to an activating group) is 1. The summed E-state index contributed by atoms with van der Waals surface area (Å²) in [6, 6.07) is 0.396. The van der Waals surface area contributed by atoms with Crippen molar-refractivity contribution in [1.82, 2.24) is 10.2 Å². The summed E-state index contributed by atoms with van der Waals surface area (Å²) in [5, 5.41) is 3.41. The van der Waals surface area contributed by atoms with Crippen LogP contribution >= 0.6 is 0 Å². The van der Waals surface area contributed by atoms with Gasteiger partial charge < -0.3 is 10.1 Å². The monoisotopic (exact) mass is 228 g/mol. The van der Waals surface area contributed by atoms with Crippen molar-refractivity contribution in [1.29, 1.82) is 0 Å². The minimum Gasteiger partial charge on any atom is -0.377 e. The van der Waals surface area contributed by atoms with Gasteiger partial charge in [-0.1, -0.05) is 0 Å². The lowest BCUT2D eigenvalue weighted by Crippen LogP contribution is -2.58. The molecule has 1 fully saturated rings.